The maximum Gasteiger partial charge on any atom is 0.209 e. The van der Waals surface area contributed by atoms with E-state index >= 15 is 0 Å². The number of hydrogen-bond acceptors (Lipinski definition) is 5. The lowest BCUT2D eigenvalue weighted by Gasteiger charge is -2.33. The molecule has 2 aliphatic rings. The quantitative estimate of drug-likeness (QED) is 0.368. The Hall–Kier alpha value is -3.71. The Labute approximate surface area is 227 Å². The minimum atomic E-state index is 0. The van der Waals surface area contributed by atoms with E-state index in [2.05, 4.69) is 76.2 Å². The van der Waals surface area contributed by atoms with Gasteiger partial charge in [0.05, 0.1) is 0 Å². The highest BCUT2D eigenvalue weighted by atomic mass is 16.1. The lowest BCUT2D eigenvalue weighted by atomic mass is 10.0. The number of aryl methyl sites for hydroxylation is 3. The summed E-state index contributed by atoms with van der Waals surface area (Å²) in [6, 6.07) is 15.0. The van der Waals surface area contributed by atoms with Crippen molar-refractivity contribution in [3.05, 3.63) is 65.6 Å². The summed E-state index contributed by atoms with van der Waals surface area (Å²) < 4.78 is 0. The molecule has 0 spiro atoms. The second-order valence-corrected chi connectivity index (χ2v) is 10.6. The number of fused-ring (bicyclic) bond motifs is 1. The summed E-state index contributed by atoms with van der Waals surface area (Å²) in [6.07, 6.45) is 5.69. The van der Waals surface area contributed by atoms with Crippen LogP contribution in [0.1, 0.15) is 31.2 Å². The van der Waals surface area contributed by atoms with Crippen LogP contribution in [-0.2, 0) is 4.79 Å². The molecule has 2 saturated heterocycles. The van der Waals surface area contributed by atoms with Crippen molar-refractivity contribution >= 4 is 23.1 Å². The smallest absolute Gasteiger partial charge is 0.209 e. The summed E-state index contributed by atoms with van der Waals surface area (Å²) in [6.45, 7) is 12.0. The average Bonchev–Trinajstić information content (AvgIpc) is 3.54. The van der Waals surface area contributed by atoms with Crippen LogP contribution in [0, 0.1) is 20.8 Å². The Morgan fingerprint density at radius 1 is 0.842 bits per heavy atom. The highest BCUT2D eigenvalue weighted by Gasteiger charge is 2.17. The topological polar surface area (TPSA) is 68.4 Å². The number of H-pyrrole nitrogens is 1. The molecule has 200 valence electrons. The SMILES string of the molecule is CN1CCCC1.Cc1cc(-c2[nH]c3cc(-c4ccc(N5CCN(C=O)CC5)nc4)ccc3c2C)cc(C)n1.[HH]. The fourth-order valence-electron chi connectivity index (χ4n) is 5.46. The predicted molar refractivity (Wildman–Crippen MR) is 158 cm³/mol. The van der Waals surface area contributed by atoms with E-state index in [0.717, 1.165) is 72.1 Å². The van der Waals surface area contributed by atoms with Crippen molar-refractivity contribution in [2.24, 2.45) is 0 Å². The molecule has 4 aromatic rings. The third-order valence-electron chi connectivity index (χ3n) is 7.63. The number of likely N-dealkylation sites (tertiary alicyclic amines) is 1. The number of piperazine rings is 1. The number of aromatic nitrogens is 3. The number of amides is 1. The molecule has 1 N–H and O–H groups in total. The zero-order valence-electron chi connectivity index (χ0n) is 23.0. The van der Waals surface area contributed by atoms with Gasteiger partial charge in [0.15, 0.2) is 0 Å². The number of benzene rings is 1. The Kier molecular flexibility index (Phi) is 7.74. The third-order valence-corrected chi connectivity index (χ3v) is 7.63. The van der Waals surface area contributed by atoms with Crippen LogP contribution >= 0.6 is 0 Å². The third kappa shape index (κ3) is 5.73. The fourth-order valence-corrected chi connectivity index (χ4v) is 5.46. The van der Waals surface area contributed by atoms with Gasteiger partial charge in [0.25, 0.3) is 0 Å². The van der Waals surface area contributed by atoms with Gasteiger partial charge in [0.1, 0.15) is 5.82 Å². The summed E-state index contributed by atoms with van der Waals surface area (Å²) in [5.41, 5.74) is 8.97. The maximum absolute atomic E-state index is 10.9. The number of carbonyl (C=O) groups excluding carboxylic acids is 1. The number of rotatable bonds is 4. The van der Waals surface area contributed by atoms with Gasteiger partial charge >= 0.3 is 0 Å². The van der Waals surface area contributed by atoms with Crippen molar-refractivity contribution < 1.29 is 6.22 Å². The lowest BCUT2D eigenvalue weighted by molar-refractivity contribution is -0.118. The second-order valence-electron chi connectivity index (χ2n) is 10.6. The van der Waals surface area contributed by atoms with Crippen LogP contribution in [0.3, 0.4) is 0 Å². The van der Waals surface area contributed by atoms with Gasteiger partial charge < -0.3 is 19.7 Å². The molecule has 6 rings (SSSR count). The first kappa shape index (κ1) is 25.9. The Morgan fingerprint density at radius 3 is 2.11 bits per heavy atom. The standard InChI is InChI=1S/C26H27N5O.C5H11N.H2/c1-17-12-22(13-18(2)28-17)26-19(3)23-6-4-20(14-24(23)29-26)21-5-7-25(27-15-21)31-10-8-30(16-32)9-11-31;1-6-4-2-3-5-6;/h4-7,12-16,29H,8-11H2,1-3H3;2-5H2,1H3;1H. The number of nitrogens with one attached hydrogen (secondary N) is 1. The second kappa shape index (κ2) is 11.4. The maximum atomic E-state index is 10.9. The predicted octanol–water partition coefficient (Wildman–Crippen LogP) is 5.45. The molecule has 0 bridgehead atoms. The molecule has 1 aromatic carbocycles. The first-order valence-corrected chi connectivity index (χ1v) is 13.6. The molecule has 5 heterocycles. The van der Waals surface area contributed by atoms with Gasteiger partial charge in [0, 0.05) is 72.9 Å². The van der Waals surface area contributed by atoms with E-state index in [-0.39, 0.29) is 1.43 Å². The van der Waals surface area contributed by atoms with E-state index in [1.54, 1.807) is 4.90 Å². The van der Waals surface area contributed by atoms with Crippen LogP contribution in [0.15, 0.2) is 48.7 Å². The van der Waals surface area contributed by atoms with Crippen molar-refractivity contribution in [2.45, 2.75) is 33.6 Å². The van der Waals surface area contributed by atoms with E-state index < -0.39 is 0 Å². The lowest BCUT2D eigenvalue weighted by Crippen LogP contribution is -2.45. The Morgan fingerprint density at radius 2 is 1.53 bits per heavy atom. The van der Waals surface area contributed by atoms with E-state index in [4.69, 9.17) is 4.98 Å². The Balaban J connectivity index is 0.000000447. The van der Waals surface area contributed by atoms with Gasteiger partial charge in [-0.05, 0) is 95.2 Å². The van der Waals surface area contributed by atoms with Crippen molar-refractivity contribution in [1.29, 1.82) is 0 Å². The van der Waals surface area contributed by atoms with Gasteiger partial charge in [-0.2, -0.15) is 0 Å². The monoisotopic (exact) mass is 512 g/mol. The van der Waals surface area contributed by atoms with Crippen molar-refractivity contribution in [3.8, 4) is 22.4 Å². The molecule has 38 heavy (non-hydrogen) atoms. The Bertz CT molecular complexity index is 1380. The number of anilines is 1. The van der Waals surface area contributed by atoms with Gasteiger partial charge in [-0.3, -0.25) is 9.78 Å². The molecule has 2 fully saturated rings. The number of hydrogen-bond donors (Lipinski definition) is 1. The highest BCUT2D eigenvalue weighted by molar-refractivity contribution is 5.93. The van der Waals surface area contributed by atoms with Crippen LogP contribution in [-0.4, -0.2) is 77.5 Å². The fraction of sp³-hybridized carbons (Fsp3) is 0.387. The van der Waals surface area contributed by atoms with Crippen molar-refractivity contribution in [1.82, 2.24) is 24.8 Å². The largest absolute Gasteiger partial charge is 0.354 e. The van der Waals surface area contributed by atoms with Crippen LogP contribution in [0.4, 0.5) is 5.82 Å². The van der Waals surface area contributed by atoms with Gasteiger partial charge in [-0.15, -0.1) is 0 Å². The zero-order chi connectivity index (χ0) is 26.6. The molecule has 0 saturated carbocycles. The van der Waals surface area contributed by atoms with Gasteiger partial charge in [-0.25, -0.2) is 4.98 Å². The number of carbonyl (C=O) groups is 1. The van der Waals surface area contributed by atoms with E-state index in [0.29, 0.717) is 0 Å². The van der Waals surface area contributed by atoms with E-state index in [1.807, 2.05) is 20.0 Å². The average molecular weight is 513 g/mol. The first-order valence-electron chi connectivity index (χ1n) is 13.6. The molecule has 0 unspecified atom stereocenters. The van der Waals surface area contributed by atoms with E-state index in [9.17, 15) is 4.79 Å². The van der Waals surface area contributed by atoms with Crippen LogP contribution in [0.2, 0.25) is 0 Å². The van der Waals surface area contributed by atoms with E-state index in [1.165, 1.54) is 42.4 Å². The van der Waals surface area contributed by atoms with Crippen molar-refractivity contribution in [2.75, 3.05) is 51.2 Å². The molecule has 1 amide bonds. The molecular weight excluding hydrogens is 472 g/mol. The van der Waals surface area contributed by atoms with Crippen LogP contribution in [0.5, 0.6) is 0 Å². The highest BCUT2D eigenvalue weighted by Crippen LogP contribution is 2.33. The number of aromatic amines is 1. The molecule has 7 nitrogen and oxygen atoms in total. The minimum absolute atomic E-state index is 0. The molecule has 0 radical (unpaired) electrons. The minimum Gasteiger partial charge on any atom is -0.354 e. The molecule has 2 aliphatic heterocycles. The number of pyridine rings is 2. The molecular formula is C31H40N6O. The zero-order valence-corrected chi connectivity index (χ0v) is 23.0. The normalized spacial score (nSPS) is 16.0. The van der Waals surface area contributed by atoms with Crippen LogP contribution in [0.25, 0.3) is 33.3 Å². The summed E-state index contributed by atoms with van der Waals surface area (Å²) in [5, 5.41) is 1.23. The summed E-state index contributed by atoms with van der Waals surface area (Å²) in [4.78, 5) is 30.1. The summed E-state index contributed by atoms with van der Waals surface area (Å²) >= 11 is 0. The molecule has 3 aromatic heterocycles. The van der Waals surface area contributed by atoms with Crippen LogP contribution < -0.4 is 4.90 Å². The molecule has 0 aliphatic carbocycles. The van der Waals surface area contributed by atoms with Gasteiger partial charge in [-0.1, -0.05) is 12.1 Å². The molecule has 7 heteroatoms. The van der Waals surface area contributed by atoms with Crippen molar-refractivity contribution in [3.63, 3.8) is 0 Å². The summed E-state index contributed by atoms with van der Waals surface area (Å²) in [7, 11) is 2.17. The summed E-state index contributed by atoms with van der Waals surface area (Å²) in [5.74, 6) is 0.960. The van der Waals surface area contributed by atoms with Gasteiger partial charge in [0.2, 0.25) is 6.41 Å². The molecule has 0 atom stereocenters. The number of nitrogens with zero attached hydrogens (tertiary/aromatic N) is 5. The first-order chi connectivity index (χ1) is 18.4.